The van der Waals surface area contributed by atoms with Crippen LogP contribution in [0.15, 0.2) is 34.3 Å². The highest BCUT2D eigenvalue weighted by Crippen LogP contribution is 2.47. The van der Waals surface area contributed by atoms with Crippen molar-refractivity contribution >= 4 is 12.0 Å². The SMILES string of the molecule is CC(C)=CCN1CCC(NC(=O)/C=C/c2ccc(C3CC3C)o2)CC1. The fraction of sp³-hybridized carbons (Fsp3) is 0.571. The summed E-state index contributed by atoms with van der Waals surface area (Å²) >= 11 is 0. The van der Waals surface area contributed by atoms with Crippen molar-refractivity contribution in [3.63, 3.8) is 0 Å². The zero-order chi connectivity index (χ0) is 17.8. The second-order valence-electron chi connectivity index (χ2n) is 7.76. The van der Waals surface area contributed by atoms with Crippen LogP contribution in [0.25, 0.3) is 6.08 Å². The zero-order valence-corrected chi connectivity index (χ0v) is 15.6. The van der Waals surface area contributed by atoms with Crippen LogP contribution in [0, 0.1) is 5.92 Å². The molecule has 1 saturated heterocycles. The van der Waals surface area contributed by atoms with Gasteiger partial charge in [-0.1, -0.05) is 18.6 Å². The molecule has 25 heavy (non-hydrogen) atoms. The van der Waals surface area contributed by atoms with Crippen LogP contribution in [0.1, 0.15) is 57.5 Å². The number of nitrogens with zero attached hydrogens (tertiary/aromatic N) is 1. The first-order valence-electron chi connectivity index (χ1n) is 9.45. The maximum Gasteiger partial charge on any atom is 0.244 e. The summed E-state index contributed by atoms with van der Waals surface area (Å²) in [5.74, 6) is 3.10. The molecule has 0 radical (unpaired) electrons. The second kappa shape index (κ2) is 8.05. The third-order valence-corrected chi connectivity index (χ3v) is 5.21. The molecule has 0 bridgehead atoms. The minimum absolute atomic E-state index is 0.0273. The molecular formula is C21H30N2O2. The minimum atomic E-state index is -0.0273. The Labute approximate surface area is 151 Å². The zero-order valence-electron chi connectivity index (χ0n) is 15.6. The topological polar surface area (TPSA) is 45.5 Å². The quantitative estimate of drug-likeness (QED) is 0.629. The lowest BCUT2D eigenvalue weighted by Crippen LogP contribution is -2.44. The number of nitrogens with one attached hydrogen (secondary N) is 1. The van der Waals surface area contributed by atoms with Gasteiger partial charge in [0.1, 0.15) is 11.5 Å². The Bertz CT molecular complexity index is 647. The first-order valence-corrected chi connectivity index (χ1v) is 9.45. The van der Waals surface area contributed by atoms with Gasteiger partial charge in [-0.25, -0.2) is 0 Å². The van der Waals surface area contributed by atoms with Gasteiger partial charge < -0.3 is 9.73 Å². The van der Waals surface area contributed by atoms with E-state index in [1.807, 2.05) is 12.1 Å². The van der Waals surface area contributed by atoms with Gasteiger partial charge in [0, 0.05) is 37.7 Å². The van der Waals surface area contributed by atoms with Crippen LogP contribution in [-0.4, -0.2) is 36.5 Å². The molecular weight excluding hydrogens is 312 g/mol. The summed E-state index contributed by atoms with van der Waals surface area (Å²) in [5.41, 5.74) is 1.36. The van der Waals surface area contributed by atoms with Gasteiger partial charge in [-0.2, -0.15) is 0 Å². The molecule has 1 aromatic heterocycles. The van der Waals surface area contributed by atoms with Crippen LogP contribution in [-0.2, 0) is 4.79 Å². The normalized spacial score (nSPS) is 24.4. The number of hydrogen-bond donors (Lipinski definition) is 1. The number of carbonyl (C=O) groups excluding carboxylic acids is 1. The van der Waals surface area contributed by atoms with Crippen molar-refractivity contribution in [3.8, 4) is 0 Å². The van der Waals surface area contributed by atoms with Gasteiger partial charge >= 0.3 is 0 Å². The van der Waals surface area contributed by atoms with Crippen molar-refractivity contribution in [2.24, 2.45) is 5.92 Å². The lowest BCUT2D eigenvalue weighted by Gasteiger charge is -2.31. The summed E-state index contributed by atoms with van der Waals surface area (Å²) in [6.07, 6.45) is 8.87. The Hall–Kier alpha value is -1.81. The highest BCUT2D eigenvalue weighted by atomic mass is 16.3. The third kappa shape index (κ3) is 5.33. The maximum atomic E-state index is 12.1. The van der Waals surface area contributed by atoms with E-state index in [1.54, 1.807) is 12.2 Å². The number of rotatable bonds is 6. The summed E-state index contributed by atoms with van der Waals surface area (Å²) < 4.78 is 5.80. The van der Waals surface area contributed by atoms with E-state index < -0.39 is 0 Å². The van der Waals surface area contributed by atoms with E-state index >= 15 is 0 Å². The van der Waals surface area contributed by atoms with Gasteiger partial charge in [0.05, 0.1) is 0 Å². The molecule has 1 aromatic rings. The number of carbonyl (C=O) groups is 1. The number of furan rings is 1. The van der Waals surface area contributed by atoms with E-state index in [0.717, 1.165) is 49.9 Å². The fourth-order valence-corrected chi connectivity index (χ4v) is 3.35. The van der Waals surface area contributed by atoms with Crippen LogP contribution >= 0.6 is 0 Å². The van der Waals surface area contributed by atoms with Crippen molar-refractivity contribution in [1.82, 2.24) is 10.2 Å². The van der Waals surface area contributed by atoms with E-state index in [1.165, 1.54) is 12.0 Å². The van der Waals surface area contributed by atoms with Crippen LogP contribution in [0.5, 0.6) is 0 Å². The van der Waals surface area contributed by atoms with Gasteiger partial charge in [0.25, 0.3) is 0 Å². The molecule has 1 aliphatic carbocycles. The average molecular weight is 342 g/mol. The number of piperidine rings is 1. The molecule has 2 aliphatic rings. The molecule has 2 fully saturated rings. The van der Waals surface area contributed by atoms with E-state index in [9.17, 15) is 4.79 Å². The first kappa shape index (κ1) is 18.0. The van der Waals surface area contributed by atoms with Crippen LogP contribution in [0.3, 0.4) is 0 Å². The van der Waals surface area contributed by atoms with Crippen LogP contribution < -0.4 is 5.32 Å². The van der Waals surface area contributed by atoms with Crippen molar-refractivity contribution in [3.05, 3.63) is 41.4 Å². The van der Waals surface area contributed by atoms with Gasteiger partial charge in [-0.15, -0.1) is 0 Å². The number of hydrogen-bond acceptors (Lipinski definition) is 3. The lowest BCUT2D eigenvalue weighted by atomic mass is 10.0. The third-order valence-electron chi connectivity index (χ3n) is 5.21. The summed E-state index contributed by atoms with van der Waals surface area (Å²) in [5, 5.41) is 3.11. The van der Waals surface area contributed by atoms with Gasteiger partial charge in [-0.05, 0) is 57.2 Å². The molecule has 2 atom stereocenters. The molecule has 1 saturated carbocycles. The van der Waals surface area contributed by atoms with Crippen LogP contribution in [0.2, 0.25) is 0 Å². The van der Waals surface area contributed by atoms with E-state index in [-0.39, 0.29) is 11.9 Å². The monoisotopic (exact) mass is 342 g/mol. The lowest BCUT2D eigenvalue weighted by molar-refractivity contribution is -0.117. The van der Waals surface area contributed by atoms with Crippen molar-refractivity contribution in [2.45, 2.75) is 52.0 Å². The van der Waals surface area contributed by atoms with E-state index in [4.69, 9.17) is 4.42 Å². The Balaban J connectivity index is 1.41. The fourth-order valence-electron chi connectivity index (χ4n) is 3.35. The summed E-state index contributed by atoms with van der Waals surface area (Å²) in [6, 6.07) is 4.26. The average Bonchev–Trinajstić information content (AvgIpc) is 3.13. The summed E-state index contributed by atoms with van der Waals surface area (Å²) in [6.45, 7) is 9.60. The molecule has 4 nitrogen and oxygen atoms in total. The molecule has 1 N–H and O–H groups in total. The predicted molar refractivity (Wildman–Crippen MR) is 101 cm³/mol. The Morgan fingerprint density at radius 2 is 2.04 bits per heavy atom. The van der Waals surface area contributed by atoms with Crippen LogP contribution in [0.4, 0.5) is 0 Å². The molecule has 2 unspecified atom stereocenters. The molecule has 1 aliphatic heterocycles. The Morgan fingerprint density at radius 3 is 2.68 bits per heavy atom. The molecule has 0 aromatic carbocycles. The maximum absolute atomic E-state index is 12.1. The largest absolute Gasteiger partial charge is 0.461 e. The predicted octanol–water partition coefficient (Wildman–Crippen LogP) is 3.96. The van der Waals surface area contributed by atoms with Crippen molar-refractivity contribution < 1.29 is 9.21 Å². The smallest absolute Gasteiger partial charge is 0.244 e. The first-order chi connectivity index (χ1) is 12.0. The van der Waals surface area contributed by atoms with Crippen molar-refractivity contribution in [1.29, 1.82) is 0 Å². The van der Waals surface area contributed by atoms with Crippen molar-refractivity contribution in [2.75, 3.05) is 19.6 Å². The number of likely N-dealkylation sites (tertiary alicyclic amines) is 1. The summed E-state index contributed by atoms with van der Waals surface area (Å²) in [7, 11) is 0. The molecule has 4 heteroatoms. The van der Waals surface area contributed by atoms with E-state index in [2.05, 4.69) is 37.1 Å². The Morgan fingerprint density at radius 1 is 1.32 bits per heavy atom. The highest BCUT2D eigenvalue weighted by Gasteiger charge is 2.36. The molecule has 0 spiro atoms. The van der Waals surface area contributed by atoms with Gasteiger partial charge in [-0.3, -0.25) is 9.69 Å². The second-order valence-corrected chi connectivity index (χ2v) is 7.76. The van der Waals surface area contributed by atoms with E-state index in [0.29, 0.717) is 5.92 Å². The van der Waals surface area contributed by atoms with Gasteiger partial charge in [0.15, 0.2) is 0 Å². The number of amides is 1. The van der Waals surface area contributed by atoms with Gasteiger partial charge in [0.2, 0.25) is 5.91 Å². The molecule has 1 amide bonds. The highest BCUT2D eigenvalue weighted by molar-refractivity contribution is 5.91. The molecule has 2 heterocycles. The minimum Gasteiger partial charge on any atom is -0.461 e. The Kier molecular flexibility index (Phi) is 5.79. The number of allylic oxidation sites excluding steroid dienone is 1. The molecule has 3 rings (SSSR count). The summed E-state index contributed by atoms with van der Waals surface area (Å²) in [4.78, 5) is 14.6. The molecule has 136 valence electrons. The standard InChI is InChI=1S/C21H30N2O2/c1-15(2)8-11-23-12-9-17(10-13-23)22-21(24)7-5-18-4-6-20(25-18)19-14-16(19)3/h4-8,16-17,19H,9-14H2,1-3H3,(H,22,24)/b7-5+.